The summed E-state index contributed by atoms with van der Waals surface area (Å²) in [5.74, 6) is 1.82. The van der Waals surface area contributed by atoms with Crippen LogP contribution in [0.5, 0.6) is 5.75 Å². The molecule has 5 aromatic rings. The van der Waals surface area contributed by atoms with Crippen LogP contribution in [0.4, 0.5) is 11.5 Å². The Kier molecular flexibility index (Phi) is 12.3. The van der Waals surface area contributed by atoms with E-state index in [1.54, 1.807) is 36.1 Å². The van der Waals surface area contributed by atoms with Gasteiger partial charge in [-0.3, -0.25) is 24.4 Å². The van der Waals surface area contributed by atoms with Gasteiger partial charge in [0.1, 0.15) is 52.2 Å². The van der Waals surface area contributed by atoms with Gasteiger partial charge in [0.25, 0.3) is 0 Å². The highest BCUT2D eigenvalue weighted by Gasteiger charge is 2.27. The lowest BCUT2D eigenvalue weighted by atomic mass is 10.0. The molecular formula is C41H47ClN10O5S2. The van der Waals surface area contributed by atoms with Crippen LogP contribution >= 0.6 is 34.3 Å². The first-order valence-electron chi connectivity index (χ1n) is 20.2. The number of methoxy groups -OCH3 is 1. The van der Waals surface area contributed by atoms with Gasteiger partial charge in [0.15, 0.2) is 0 Å². The van der Waals surface area contributed by atoms with E-state index < -0.39 is 0 Å². The van der Waals surface area contributed by atoms with Gasteiger partial charge in [-0.05, 0) is 60.1 Å². The number of amides is 2. The van der Waals surface area contributed by atoms with Crippen LogP contribution in [-0.4, -0.2) is 143 Å². The summed E-state index contributed by atoms with van der Waals surface area (Å²) in [6.07, 6.45) is 8.98. The molecule has 5 aliphatic rings. The highest BCUT2D eigenvalue weighted by molar-refractivity contribution is 7.19. The van der Waals surface area contributed by atoms with Gasteiger partial charge in [0.05, 0.1) is 43.3 Å². The number of fused-ring (bicyclic) bond motifs is 7. The Balaban J connectivity index is 0.000000163. The van der Waals surface area contributed by atoms with Gasteiger partial charge in [0.2, 0.25) is 11.8 Å². The third-order valence-corrected chi connectivity index (χ3v) is 14.1. The van der Waals surface area contributed by atoms with Crippen molar-refractivity contribution in [1.29, 1.82) is 0 Å². The standard InChI is InChI=1S/C25H28N6O3S.C16H19ClN4O2S/c1-33-20-10-17-12-26-11-16(17)9-19(20)29-24-23-18-3-6-30(13-21(18)35-25(23)28-15-27-24)4-2-5-31-7-8-34-14-22(31)32;17-15-14-11-2-5-20(8-12(11)24-16(14)19-10-18-15)3-1-4-21-6-7-23-9-13(21)22/h9-11,15H,2-8,12-14H2,1H3,(H,27,28,29);10H,1-9H2. The minimum Gasteiger partial charge on any atom is -0.495 e. The van der Waals surface area contributed by atoms with Crippen molar-refractivity contribution in [3.8, 4) is 5.75 Å². The van der Waals surface area contributed by atoms with Crippen molar-refractivity contribution in [2.45, 2.75) is 45.3 Å². The van der Waals surface area contributed by atoms with Gasteiger partial charge in [-0.1, -0.05) is 11.6 Å². The van der Waals surface area contributed by atoms with Crippen LogP contribution in [0.15, 0.2) is 29.8 Å². The molecule has 0 radical (unpaired) electrons. The number of carbonyl (C=O) groups excluding carboxylic acids is 2. The molecule has 4 aromatic heterocycles. The van der Waals surface area contributed by atoms with Crippen molar-refractivity contribution in [2.75, 3.05) is 91.2 Å². The molecule has 0 aliphatic carbocycles. The normalized spacial score (nSPS) is 18.2. The lowest BCUT2D eigenvalue weighted by Crippen LogP contribution is -2.43. The molecule has 59 heavy (non-hydrogen) atoms. The first-order chi connectivity index (χ1) is 28.9. The third-order valence-electron chi connectivity index (χ3n) is 11.6. The fraction of sp³-hybridized carbons (Fsp3) is 0.488. The summed E-state index contributed by atoms with van der Waals surface area (Å²) < 4.78 is 16.0. The van der Waals surface area contributed by atoms with Crippen LogP contribution in [0.3, 0.4) is 0 Å². The number of ether oxygens (including phenoxy) is 3. The molecule has 2 amide bonds. The Hall–Kier alpha value is -4.36. The summed E-state index contributed by atoms with van der Waals surface area (Å²) in [6, 6.07) is 4.13. The summed E-state index contributed by atoms with van der Waals surface area (Å²) in [4.78, 5) is 59.2. The van der Waals surface area contributed by atoms with E-state index in [2.05, 4.69) is 52.2 Å². The molecule has 18 heteroatoms. The first kappa shape index (κ1) is 40.1. The topological polar surface area (TPSA) is 151 Å². The van der Waals surface area contributed by atoms with Gasteiger partial charge in [-0.15, -0.1) is 22.7 Å². The third kappa shape index (κ3) is 8.78. The average Bonchev–Trinajstić information content (AvgIpc) is 3.97. The van der Waals surface area contributed by atoms with E-state index in [9.17, 15) is 9.59 Å². The van der Waals surface area contributed by atoms with Crippen molar-refractivity contribution >= 4 is 84.2 Å². The fourth-order valence-electron chi connectivity index (χ4n) is 8.48. The maximum Gasteiger partial charge on any atom is 0.248 e. The van der Waals surface area contributed by atoms with Crippen LogP contribution in [0.25, 0.3) is 20.4 Å². The van der Waals surface area contributed by atoms with Gasteiger partial charge in [-0.25, -0.2) is 19.9 Å². The molecule has 2 saturated heterocycles. The van der Waals surface area contributed by atoms with Crippen LogP contribution in [-0.2, 0) is 51.5 Å². The van der Waals surface area contributed by atoms with E-state index in [-0.39, 0.29) is 25.0 Å². The van der Waals surface area contributed by atoms with E-state index >= 15 is 0 Å². The van der Waals surface area contributed by atoms with Crippen LogP contribution in [0.2, 0.25) is 5.15 Å². The summed E-state index contributed by atoms with van der Waals surface area (Å²) in [5, 5.41) is 6.25. The SMILES string of the molecule is COc1cc2c(cc1Nc1ncnc3sc4c(c13)CCN(CCCN1CCOCC1=O)C4)C=NC2.O=C1COCCN1CCCN1CCc2c(sc3ncnc(Cl)c23)C1. The van der Waals surface area contributed by atoms with E-state index in [0.717, 1.165) is 128 Å². The van der Waals surface area contributed by atoms with Crippen molar-refractivity contribution in [3.63, 3.8) is 0 Å². The predicted octanol–water partition coefficient (Wildman–Crippen LogP) is 4.93. The van der Waals surface area contributed by atoms with Crippen molar-refractivity contribution in [2.24, 2.45) is 4.99 Å². The molecule has 2 fully saturated rings. The van der Waals surface area contributed by atoms with Crippen molar-refractivity contribution < 1.29 is 23.8 Å². The molecule has 1 N–H and O–H groups in total. The number of anilines is 2. The zero-order chi connectivity index (χ0) is 40.3. The summed E-state index contributed by atoms with van der Waals surface area (Å²) >= 11 is 9.72. The molecule has 15 nitrogen and oxygen atoms in total. The molecule has 0 atom stereocenters. The zero-order valence-corrected chi connectivity index (χ0v) is 35.5. The van der Waals surface area contributed by atoms with Crippen molar-refractivity contribution in [1.82, 2.24) is 39.5 Å². The number of thiophene rings is 2. The summed E-state index contributed by atoms with van der Waals surface area (Å²) in [5.41, 5.74) is 5.83. The molecule has 1 aromatic carbocycles. The van der Waals surface area contributed by atoms with E-state index in [1.807, 2.05) is 16.0 Å². The number of nitrogens with zero attached hydrogens (tertiary/aromatic N) is 9. The molecule has 0 unspecified atom stereocenters. The molecule has 0 bridgehead atoms. The maximum atomic E-state index is 12.0. The molecule has 9 heterocycles. The number of hydrogen-bond acceptors (Lipinski definition) is 15. The number of halogens is 1. The Bertz CT molecular complexity index is 2390. The molecule has 310 valence electrons. The number of carbonyl (C=O) groups is 2. The van der Waals surface area contributed by atoms with E-state index in [4.69, 9.17) is 25.8 Å². The Labute approximate surface area is 355 Å². The van der Waals surface area contributed by atoms with Crippen molar-refractivity contribution in [3.05, 3.63) is 61.9 Å². The maximum absolute atomic E-state index is 12.0. The molecule has 0 saturated carbocycles. The van der Waals surface area contributed by atoms with Gasteiger partial charge < -0.3 is 29.3 Å². The Morgan fingerprint density at radius 3 is 2.02 bits per heavy atom. The van der Waals surface area contributed by atoms with Crippen LogP contribution in [0.1, 0.15) is 44.8 Å². The van der Waals surface area contributed by atoms with E-state index in [0.29, 0.717) is 31.5 Å². The predicted molar refractivity (Wildman–Crippen MR) is 229 cm³/mol. The zero-order valence-electron chi connectivity index (χ0n) is 33.1. The monoisotopic (exact) mass is 858 g/mol. The number of nitrogens with one attached hydrogen (secondary N) is 1. The quantitative estimate of drug-likeness (QED) is 0.180. The Morgan fingerprint density at radius 1 is 0.780 bits per heavy atom. The first-order valence-corrected chi connectivity index (χ1v) is 22.2. The highest BCUT2D eigenvalue weighted by Crippen LogP contribution is 2.40. The Morgan fingerprint density at radius 2 is 1.39 bits per heavy atom. The second-order valence-electron chi connectivity index (χ2n) is 15.2. The molecular weight excluding hydrogens is 812 g/mol. The molecule has 5 aliphatic heterocycles. The number of aliphatic imine (C=N–C) groups is 1. The number of benzene rings is 1. The van der Waals surface area contributed by atoms with Crippen LogP contribution in [0, 0.1) is 0 Å². The van der Waals surface area contributed by atoms with Crippen LogP contribution < -0.4 is 10.1 Å². The van der Waals surface area contributed by atoms with Gasteiger partial charge >= 0.3 is 0 Å². The summed E-state index contributed by atoms with van der Waals surface area (Å²) in [7, 11) is 1.69. The average molecular weight is 859 g/mol. The smallest absolute Gasteiger partial charge is 0.248 e. The number of morpholine rings is 2. The van der Waals surface area contributed by atoms with E-state index in [1.165, 1.54) is 32.8 Å². The largest absolute Gasteiger partial charge is 0.495 e. The lowest BCUT2D eigenvalue weighted by Gasteiger charge is -2.30. The molecule has 10 rings (SSSR count). The van der Waals surface area contributed by atoms with Gasteiger partial charge in [0, 0.05) is 81.4 Å². The number of hydrogen-bond donors (Lipinski definition) is 1. The van der Waals surface area contributed by atoms with Gasteiger partial charge in [-0.2, -0.15) is 0 Å². The fourth-order valence-corrected chi connectivity index (χ4v) is 11.2. The summed E-state index contributed by atoms with van der Waals surface area (Å²) in [6.45, 7) is 11.3. The number of rotatable bonds is 11. The number of aromatic nitrogens is 4. The minimum atomic E-state index is 0.104. The molecule has 0 spiro atoms. The second kappa shape index (κ2) is 18.1. The highest BCUT2D eigenvalue weighted by atomic mass is 35.5. The minimum absolute atomic E-state index is 0.104. The lowest BCUT2D eigenvalue weighted by molar-refractivity contribution is -0.143. The second-order valence-corrected chi connectivity index (χ2v) is 17.8.